The molecule has 3 heterocycles. The van der Waals surface area contributed by atoms with Crippen LogP contribution < -0.4 is 0 Å². The Morgan fingerprint density at radius 3 is 2.91 bits per heavy atom. The zero-order chi connectivity index (χ0) is 15.5. The molecule has 3 rings (SSSR count). The second-order valence-corrected chi connectivity index (χ2v) is 6.18. The van der Waals surface area contributed by atoms with Crippen molar-refractivity contribution in [2.24, 2.45) is 13.0 Å². The summed E-state index contributed by atoms with van der Waals surface area (Å²) in [6, 6.07) is 0.330. The van der Waals surface area contributed by atoms with Crippen molar-refractivity contribution in [3.05, 3.63) is 36.9 Å². The van der Waals surface area contributed by atoms with E-state index < -0.39 is 0 Å². The highest BCUT2D eigenvalue weighted by molar-refractivity contribution is 5.76. The zero-order valence-corrected chi connectivity index (χ0v) is 13.2. The van der Waals surface area contributed by atoms with Gasteiger partial charge in [0.15, 0.2) is 0 Å². The van der Waals surface area contributed by atoms with Crippen molar-refractivity contribution in [2.45, 2.75) is 32.2 Å². The van der Waals surface area contributed by atoms with E-state index in [4.69, 9.17) is 0 Å². The Kier molecular flexibility index (Phi) is 4.27. The number of nitrogens with zero attached hydrogens (tertiary/aromatic N) is 5. The van der Waals surface area contributed by atoms with Crippen LogP contribution in [0.3, 0.4) is 0 Å². The Labute approximate surface area is 130 Å². The van der Waals surface area contributed by atoms with Crippen molar-refractivity contribution in [3.63, 3.8) is 0 Å². The van der Waals surface area contributed by atoms with Crippen molar-refractivity contribution in [1.29, 1.82) is 0 Å². The standard InChI is InChI=1S/C16H23N5O/c1-13-5-7-20(10-15(13)21-8-6-17-12-21)16(22)4-3-14-9-18-11-19(14)2/h6,8-9,11-13,15H,3-5,7,10H2,1-2H3/t13-,15-/m1/s1. The summed E-state index contributed by atoms with van der Waals surface area (Å²) in [5.74, 6) is 0.800. The van der Waals surface area contributed by atoms with Crippen molar-refractivity contribution in [2.75, 3.05) is 13.1 Å². The normalized spacial score (nSPS) is 22.0. The van der Waals surface area contributed by atoms with Gasteiger partial charge in [-0.05, 0) is 18.8 Å². The maximum Gasteiger partial charge on any atom is 0.223 e. The second-order valence-electron chi connectivity index (χ2n) is 6.18. The first kappa shape index (κ1) is 14.8. The number of likely N-dealkylation sites (tertiary alicyclic amines) is 1. The Morgan fingerprint density at radius 1 is 1.36 bits per heavy atom. The summed E-state index contributed by atoms with van der Waals surface area (Å²) in [6.07, 6.45) is 11.6. The van der Waals surface area contributed by atoms with Crippen molar-refractivity contribution >= 4 is 5.91 Å². The molecule has 1 aliphatic heterocycles. The fourth-order valence-corrected chi connectivity index (χ4v) is 3.15. The van der Waals surface area contributed by atoms with E-state index in [-0.39, 0.29) is 5.91 Å². The van der Waals surface area contributed by atoms with Gasteiger partial charge in [0.25, 0.3) is 0 Å². The number of piperidine rings is 1. The minimum atomic E-state index is 0.234. The molecule has 0 radical (unpaired) electrons. The largest absolute Gasteiger partial charge is 0.341 e. The summed E-state index contributed by atoms with van der Waals surface area (Å²) in [5, 5.41) is 0. The number of imidazole rings is 2. The Bertz CT molecular complexity index is 618. The molecule has 0 N–H and O–H groups in total. The lowest BCUT2D eigenvalue weighted by Crippen LogP contribution is -2.43. The molecule has 6 heteroatoms. The van der Waals surface area contributed by atoms with Crippen LogP contribution in [0.4, 0.5) is 0 Å². The average Bonchev–Trinajstić information content (AvgIpc) is 3.17. The number of hydrogen-bond donors (Lipinski definition) is 0. The van der Waals surface area contributed by atoms with E-state index in [1.165, 1.54) is 0 Å². The first-order valence-corrected chi connectivity index (χ1v) is 7.85. The SMILES string of the molecule is C[C@@H]1CCN(C(=O)CCc2cncn2C)C[C@H]1n1ccnc1. The van der Waals surface area contributed by atoms with Crippen LogP contribution in [0.1, 0.15) is 31.5 Å². The lowest BCUT2D eigenvalue weighted by atomic mass is 9.93. The molecule has 0 unspecified atom stereocenters. The van der Waals surface area contributed by atoms with E-state index in [9.17, 15) is 4.79 Å². The van der Waals surface area contributed by atoms with E-state index in [2.05, 4.69) is 21.5 Å². The lowest BCUT2D eigenvalue weighted by Gasteiger charge is -2.37. The number of amides is 1. The van der Waals surface area contributed by atoms with Gasteiger partial charge in [-0.15, -0.1) is 0 Å². The molecule has 0 bridgehead atoms. The number of aryl methyl sites for hydroxylation is 2. The topological polar surface area (TPSA) is 56.0 Å². The van der Waals surface area contributed by atoms with Crippen LogP contribution in [0.15, 0.2) is 31.2 Å². The second kappa shape index (κ2) is 6.34. The molecule has 118 valence electrons. The number of rotatable bonds is 4. The summed E-state index contributed by atoms with van der Waals surface area (Å²) in [6.45, 7) is 3.89. The molecule has 2 atom stereocenters. The van der Waals surface area contributed by atoms with Crippen LogP contribution in [-0.2, 0) is 18.3 Å². The maximum absolute atomic E-state index is 12.5. The number of carbonyl (C=O) groups is 1. The smallest absolute Gasteiger partial charge is 0.223 e. The number of carbonyl (C=O) groups excluding carboxylic acids is 1. The Morgan fingerprint density at radius 2 is 2.23 bits per heavy atom. The van der Waals surface area contributed by atoms with Gasteiger partial charge in [0.1, 0.15) is 0 Å². The molecule has 0 aromatic carbocycles. The molecule has 2 aromatic heterocycles. The fourth-order valence-electron chi connectivity index (χ4n) is 3.15. The van der Waals surface area contributed by atoms with E-state index in [1.807, 2.05) is 35.2 Å². The van der Waals surface area contributed by atoms with Gasteiger partial charge in [-0.1, -0.05) is 6.92 Å². The van der Waals surface area contributed by atoms with Crippen LogP contribution in [0.5, 0.6) is 0 Å². The van der Waals surface area contributed by atoms with Gasteiger partial charge in [0.2, 0.25) is 5.91 Å². The molecular formula is C16H23N5O. The Balaban J connectivity index is 1.60. The van der Waals surface area contributed by atoms with Crippen LogP contribution in [-0.4, -0.2) is 43.0 Å². The molecule has 1 saturated heterocycles. The van der Waals surface area contributed by atoms with Gasteiger partial charge < -0.3 is 14.0 Å². The summed E-state index contributed by atoms with van der Waals surface area (Å²) < 4.78 is 4.10. The summed E-state index contributed by atoms with van der Waals surface area (Å²) in [7, 11) is 1.96. The Hall–Kier alpha value is -2.11. The zero-order valence-electron chi connectivity index (χ0n) is 13.2. The van der Waals surface area contributed by atoms with Gasteiger partial charge in [-0.3, -0.25) is 4.79 Å². The van der Waals surface area contributed by atoms with E-state index >= 15 is 0 Å². The van der Waals surface area contributed by atoms with Gasteiger partial charge in [0, 0.05) is 50.8 Å². The van der Waals surface area contributed by atoms with Crippen LogP contribution in [0.25, 0.3) is 0 Å². The number of hydrogen-bond acceptors (Lipinski definition) is 3. The lowest BCUT2D eigenvalue weighted by molar-refractivity contribution is -0.133. The predicted molar refractivity (Wildman–Crippen MR) is 83.2 cm³/mol. The third-order valence-electron chi connectivity index (χ3n) is 4.69. The van der Waals surface area contributed by atoms with E-state index in [0.29, 0.717) is 18.4 Å². The monoisotopic (exact) mass is 301 g/mol. The molecule has 1 aliphatic rings. The molecule has 0 aliphatic carbocycles. The third kappa shape index (κ3) is 3.05. The summed E-state index contributed by atoms with van der Waals surface area (Å²) in [4.78, 5) is 22.7. The average molecular weight is 301 g/mol. The van der Waals surface area contributed by atoms with Crippen LogP contribution >= 0.6 is 0 Å². The van der Waals surface area contributed by atoms with Crippen molar-refractivity contribution in [1.82, 2.24) is 24.0 Å². The maximum atomic E-state index is 12.5. The molecule has 0 spiro atoms. The van der Waals surface area contributed by atoms with Gasteiger partial charge in [-0.2, -0.15) is 0 Å². The van der Waals surface area contributed by atoms with Crippen molar-refractivity contribution in [3.8, 4) is 0 Å². The highest BCUT2D eigenvalue weighted by Gasteiger charge is 2.29. The van der Waals surface area contributed by atoms with Crippen LogP contribution in [0.2, 0.25) is 0 Å². The summed E-state index contributed by atoms with van der Waals surface area (Å²) in [5.41, 5.74) is 1.10. The molecule has 0 saturated carbocycles. The van der Waals surface area contributed by atoms with Gasteiger partial charge in [-0.25, -0.2) is 9.97 Å². The first-order valence-electron chi connectivity index (χ1n) is 7.85. The summed E-state index contributed by atoms with van der Waals surface area (Å²) >= 11 is 0. The molecule has 6 nitrogen and oxygen atoms in total. The predicted octanol–water partition coefficient (Wildman–Crippen LogP) is 1.66. The van der Waals surface area contributed by atoms with Crippen molar-refractivity contribution < 1.29 is 4.79 Å². The molecule has 1 amide bonds. The van der Waals surface area contributed by atoms with E-state index in [1.54, 1.807) is 12.5 Å². The quantitative estimate of drug-likeness (QED) is 0.863. The van der Waals surface area contributed by atoms with Gasteiger partial charge >= 0.3 is 0 Å². The molecular weight excluding hydrogens is 278 g/mol. The van der Waals surface area contributed by atoms with E-state index in [0.717, 1.165) is 31.6 Å². The molecule has 2 aromatic rings. The highest BCUT2D eigenvalue weighted by atomic mass is 16.2. The van der Waals surface area contributed by atoms with Crippen LogP contribution in [0, 0.1) is 5.92 Å². The first-order chi connectivity index (χ1) is 10.6. The minimum absolute atomic E-state index is 0.234. The fraction of sp³-hybridized carbons (Fsp3) is 0.562. The number of aromatic nitrogens is 4. The highest BCUT2D eigenvalue weighted by Crippen LogP contribution is 2.27. The van der Waals surface area contributed by atoms with Gasteiger partial charge in [0.05, 0.1) is 18.7 Å². The molecule has 1 fully saturated rings. The third-order valence-corrected chi connectivity index (χ3v) is 4.69. The molecule has 22 heavy (non-hydrogen) atoms. The minimum Gasteiger partial charge on any atom is -0.341 e.